The molecule has 7 heteroatoms. The smallest absolute Gasteiger partial charge is 0.343 e. The van der Waals surface area contributed by atoms with Gasteiger partial charge in [0, 0.05) is 25.0 Å². The van der Waals surface area contributed by atoms with Gasteiger partial charge in [-0.05, 0) is 25.0 Å². The molecule has 34 heavy (non-hydrogen) atoms. The molecule has 0 amide bonds. The average Bonchev–Trinajstić information content (AvgIpc) is 3.14. The Bertz CT molecular complexity index is 1400. The molecule has 2 aromatic heterocycles. The fourth-order valence-corrected chi connectivity index (χ4v) is 4.21. The van der Waals surface area contributed by atoms with Gasteiger partial charge in [0.15, 0.2) is 0 Å². The molecule has 0 fully saturated rings. The lowest BCUT2D eigenvalue weighted by atomic mass is 10.1. The second kappa shape index (κ2) is 9.79. The van der Waals surface area contributed by atoms with E-state index in [-0.39, 0.29) is 17.7 Å². The van der Waals surface area contributed by atoms with Crippen LogP contribution in [0.4, 0.5) is 0 Å². The van der Waals surface area contributed by atoms with Crippen LogP contribution in [0.5, 0.6) is 0 Å². The maximum absolute atomic E-state index is 13.6. The van der Waals surface area contributed by atoms with E-state index in [1.54, 1.807) is 23.0 Å². The van der Waals surface area contributed by atoms with Gasteiger partial charge in [0.2, 0.25) is 5.43 Å². The topological polar surface area (TPSA) is 79.5 Å². The van der Waals surface area contributed by atoms with E-state index in [1.807, 2.05) is 60.7 Å². The normalized spacial score (nSPS) is 10.9. The highest BCUT2D eigenvalue weighted by molar-refractivity contribution is 6.05. The number of benzene rings is 2. The summed E-state index contributed by atoms with van der Waals surface area (Å²) in [5.74, 6) is -1.24. The van der Waals surface area contributed by atoms with Crippen LogP contribution in [0.25, 0.3) is 11.0 Å². The van der Waals surface area contributed by atoms with Crippen molar-refractivity contribution in [2.24, 2.45) is 0 Å². The number of carbonyl (C=O) groups is 2. The van der Waals surface area contributed by atoms with E-state index in [2.05, 4.69) is 0 Å². The van der Waals surface area contributed by atoms with Crippen LogP contribution in [-0.4, -0.2) is 34.8 Å². The number of aromatic nitrogens is 2. The van der Waals surface area contributed by atoms with E-state index in [9.17, 15) is 14.4 Å². The van der Waals surface area contributed by atoms with Crippen molar-refractivity contribution in [2.75, 3.05) is 13.7 Å². The maximum Gasteiger partial charge on any atom is 0.343 e. The number of esters is 2. The summed E-state index contributed by atoms with van der Waals surface area (Å²) < 4.78 is 13.8. The van der Waals surface area contributed by atoms with Crippen molar-refractivity contribution in [3.8, 4) is 0 Å². The van der Waals surface area contributed by atoms with Crippen molar-refractivity contribution in [3.63, 3.8) is 0 Å². The van der Waals surface area contributed by atoms with Crippen LogP contribution in [0.1, 0.15) is 44.5 Å². The van der Waals surface area contributed by atoms with Gasteiger partial charge in [-0.3, -0.25) is 4.79 Å². The lowest BCUT2D eigenvalue weighted by molar-refractivity contribution is 0.0523. The number of hydrogen-bond donors (Lipinski definition) is 0. The minimum absolute atomic E-state index is 0.0755. The fraction of sp³-hybridized carbons (Fsp3) is 0.222. The number of carbonyl (C=O) groups excluding carboxylic acids is 2. The van der Waals surface area contributed by atoms with Crippen LogP contribution in [0, 0.1) is 6.92 Å². The van der Waals surface area contributed by atoms with Gasteiger partial charge in [-0.2, -0.15) is 0 Å². The lowest BCUT2D eigenvalue weighted by Gasteiger charge is -2.13. The molecular formula is C27H26N2O5. The van der Waals surface area contributed by atoms with E-state index < -0.39 is 17.4 Å². The first-order valence-electron chi connectivity index (χ1n) is 11.1. The highest BCUT2D eigenvalue weighted by atomic mass is 16.5. The summed E-state index contributed by atoms with van der Waals surface area (Å²) in [5.41, 5.74) is 2.94. The van der Waals surface area contributed by atoms with Gasteiger partial charge in [0.25, 0.3) is 0 Å². The van der Waals surface area contributed by atoms with Crippen molar-refractivity contribution >= 4 is 23.0 Å². The summed E-state index contributed by atoms with van der Waals surface area (Å²) in [7, 11) is 1.31. The molecule has 0 atom stereocenters. The number of ether oxygens (including phenoxy) is 2. The first kappa shape index (κ1) is 23.0. The van der Waals surface area contributed by atoms with Crippen molar-refractivity contribution < 1.29 is 19.1 Å². The third kappa shape index (κ3) is 4.24. The van der Waals surface area contributed by atoms with Gasteiger partial charge in [0.05, 0.1) is 19.2 Å². The quantitative estimate of drug-likeness (QED) is 0.389. The molecule has 4 rings (SSSR count). The van der Waals surface area contributed by atoms with Gasteiger partial charge < -0.3 is 18.6 Å². The summed E-state index contributed by atoms with van der Waals surface area (Å²) in [6, 6.07) is 19.2. The van der Waals surface area contributed by atoms with Gasteiger partial charge in [-0.15, -0.1) is 0 Å². The Kier molecular flexibility index (Phi) is 6.63. The van der Waals surface area contributed by atoms with Crippen LogP contribution in [0.15, 0.2) is 71.7 Å². The molecule has 0 bridgehead atoms. The van der Waals surface area contributed by atoms with E-state index in [4.69, 9.17) is 9.47 Å². The molecule has 174 valence electrons. The maximum atomic E-state index is 13.6. The minimum atomic E-state index is -0.694. The highest BCUT2D eigenvalue weighted by Gasteiger charge is 2.28. The third-order valence-electron chi connectivity index (χ3n) is 5.79. The summed E-state index contributed by atoms with van der Waals surface area (Å²) >= 11 is 0. The lowest BCUT2D eigenvalue weighted by Crippen LogP contribution is -2.23. The molecule has 0 spiro atoms. The van der Waals surface area contributed by atoms with Crippen LogP contribution in [-0.2, 0) is 22.6 Å². The Labute approximate surface area is 197 Å². The number of fused-ring (bicyclic) bond motifs is 1. The van der Waals surface area contributed by atoms with Crippen LogP contribution in [0.2, 0.25) is 0 Å². The number of hydrogen-bond acceptors (Lipinski definition) is 5. The van der Waals surface area contributed by atoms with Crippen molar-refractivity contribution in [1.29, 1.82) is 0 Å². The molecule has 2 aromatic carbocycles. The molecule has 0 saturated heterocycles. The van der Waals surface area contributed by atoms with Gasteiger partial charge in [-0.25, -0.2) is 9.59 Å². The predicted molar refractivity (Wildman–Crippen MR) is 129 cm³/mol. The molecule has 4 aromatic rings. The number of pyridine rings is 1. The van der Waals surface area contributed by atoms with Gasteiger partial charge in [0.1, 0.15) is 16.6 Å². The Balaban J connectivity index is 2.07. The summed E-state index contributed by atoms with van der Waals surface area (Å²) in [6.45, 7) is 4.32. The Hall–Kier alpha value is -4.13. The average molecular weight is 459 g/mol. The van der Waals surface area contributed by atoms with E-state index in [0.717, 1.165) is 11.1 Å². The molecule has 0 saturated carbocycles. The Morgan fingerprint density at radius 2 is 1.44 bits per heavy atom. The molecule has 0 N–H and O–H groups in total. The second-order valence-corrected chi connectivity index (χ2v) is 7.93. The Morgan fingerprint density at radius 1 is 0.853 bits per heavy atom. The molecule has 0 aliphatic carbocycles. The zero-order chi connectivity index (χ0) is 24.2. The number of methoxy groups -OCH3 is 1. The van der Waals surface area contributed by atoms with Crippen molar-refractivity contribution in [3.05, 3.63) is 105 Å². The molecule has 0 radical (unpaired) electrons. The summed E-state index contributed by atoms with van der Waals surface area (Å²) in [4.78, 5) is 39.3. The second-order valence-electron chi connectivity index (χ2n) is 7.93. The van der Waals surface area contributed by atoms with Crippen molar-refractivity contribution in [1.82, 2.24) is 9.13 Å². The summed E-state index contributed by atoms with van der Waals surface area (Å²) in [6.07, 6.45) is 1.48. The Morgan fingerprint density at radius 3 is 2.00 bits per heavy atom. The molecule has 7 nitrogen and oxygen atoms in total. The molecule has 0 aliphatic rings. The monoisotopic (exact) mass is 458 g/mol. The van der Waals surface area contributed by atoms with Crippen molar-refractivity contribution in [2.45, 2.75) is 26.9 Å². The standard InChI is InChI=1S/C27H26N2O5/c1-4-34-26(31)21-17-28(15-19-11-7-5-8-12-19)23-22(27(32)33-3)18(2)29(24(23)25(21)30)16-20-13-9-6-10-14-20/h5-14,17H,4,15-16H2,1-3H3. The van der Waals surface area contributed by atoms with E-state index in [1.165, 1.54) is 13.3 Å². The van der Waals surface area contributed by atoms with Gasteiger partial charge in [-0.1, -0.05) is 60.7 Å². The SMILES string of the molecule is CCOC(=O)c1cn(Cc2ccccc2)c2c(C(=O)OC)c(C)n(Cc3ccccc3)c2c1=O. The third-order valence-corrected chi connectivity index (χ3v) is 5.79. The first-order chi connectivity index (χ1) is 16.5. The van der Waals surface area contributed by atoms with Crippen LogP contribution >= 0.6 is 0 Å². The van der Waals surface area contributed by atoms with Gasteiger partial charge >= 0.3 is 11.9 Å². The number of nitrogens with zero attached hydrogens (tertiary/aromatic N) is 2. The fourth-order valence-electron chi connectivity index (χ4n) is 4.21. The zero-order valence-electron chi connectivity index (χ0n) is 19.4. The van der Waals surface area contributed by atoms with Crippen LogP contribution < -0.4 is 5.43 Å². The van der Waals surface area contributed by atoms with E-state index in [0.29, 0.717) is 29.9 Å². The molecule has 2 heterocycles. The molecule has 0 aliphatic heterocycles. The largest absolute Gasteiger partial charge is 0.465 e. The zero-order valence-corrected chi connectivity index (χ0v) is 19.4. The molecule has 0 unspecified atom stereocenters. The van der Waals surface area contributed by atoms with Crippen LogP contribution in [0.3, 0.4) is 0 Å². The summed E-state index contributed by atoms with van der Waals surface area (Å²) in [5, 5.41) is 0. The van der Waals surface area contributed by atoms with E-state index >= 15 is 0 Å². The highest BCUT2D eigenvalue weighted by Crippen LogP contribution is 2.27. The molecular weight excluding hydrogens is 432 g/mol. The number of rotatable bonds is 7. The predicted octanol–water partition coefficient (Wildman–Crippen LogP) is 4.17. The minimum Gasteiger partial charge on any atom is -0.465 e. The first-order valence-corrected chi connectivity index (χ1v) is 11.1.